The van der Waals surface area contributed by atoms with Gasteiger partial charge in [-0.2, -0.15) is 5.26 Å². The van der Waals surface area contributed by atoms with Gasteiger partial charge in [-0.25, -0.2) is 4.98 Å². The van der Waals surface area contributed by atoms with Crippen LogP contribution in [0.4, 0.5) is 0 Å². The van der Waals surface area contributed by atoms with Crippen LogP contribution in [0.25, 0.3) is 16.4 Å². The van der Waals surface area contributed by atoms with Gasteiger partial charge < -0.3 is 10.2 Å². The summed E-state index contributed by atoms with van der Waals surface area (Å²) in [5.74, 6) is 5.80. The molecule has 0 spiro atoms. The topological polar surface area (TPSA) is 123 Å². The van der Waals surface area contributed by atoms with Crippen molar-refractivity contribution in [2.24, 2.45) is 0 Å². The second-order valence-electron chi connectivity index (χ2n) is 7.72. The second kappa shape index (κ2) is 9.96. The number of hydrogen-bond acceptors (Lipinski definition) is 7. The van der Waals surface area contributed by atoms with E-state index in [0.717, 1.165) is 9.88 Å². The number of aromatic nitrogens is 2. The molecule has 1 aliphatic rings. The Morgan fingerprint density at radius 1 is 1.37 bits per heavy atom. The number of carbonyl (C=O) groups is 1. The number of halogens is 2. The minimum atomic E-state index is -0.856. The number of rotatable bonds is 7. The Balaban J connectivity index is 1.72. The summed E-state index contributed by atoms with van der Waals surface area (Å²) < 4.78 is 1.81. The molecule has 0 radical (unpaired) electrons. The van der Waals surface area contributed by atoms with Crippen molar-refractivity contribution in [2.45, 2.75) is 31.7 Å². The lowest BCUT2D eigenvalue weighted by Crippen LogP contribution is -2.36. The van der Waals surface area contributed by atoms with Crippen LogP contribution in [-0.4, -0.2) is 32.7 Å². The van der Waals surface area contributed by atoms with Crippen molar-refractivity contribution in [2.75, 3.05) is 6.61 Å². The summed E-state index contributed by atoms with van der Waals surface area (Å²) in [5.41, 5.74) is 0.497. The lowest BCUT2D eigenvalue weighted by Gasteiger charge is -2.10. The molecule has 0 atom stereocenters. The minimum absolute atomic E-state index is 0.110. The van der Waals surface area contributed by atoms with Crippen molar-refractivity contribution >= 4 is 40.4 Å². The second-order valence-corrected chi connectivity index (χ2v) is 9.63. The Hall–Kier alpha value is -3.57. The van der Waals surface area contributed by atoms with Crippen molar-refractivity contribution in [1.82, 2.24) is 14.9 Å². The fraction of sp³-hybridized carbons (Fsp3) is 0.261. The highest BCUT2D eigenvalue weighted by molar-refractivity contribution is 7.15. The van der Waals surface area contributed by atoms with Gasteiger partial charge in [0.2, 0.25) is 0 Å². The molecule has 1 amide bonds. The number of imidazole rings is 1. The highest BCUT2D eigenvalue weighted by Gasteiger charge is 2.45. The first kappa shape index (κ1) is 24.6. The lowest BCUT2D eigenvalue weighted by atomic mass is 10.2. The first-order valence-corrected chi connectivity index (χ1v) is 12.0. The van der Waals surface area contributed by atoms with Gasteiger partial charge in [-0.15, -0.1) is 21.5 Å². The SMILES string of the molecule is Cc1c(C(=O)NC2(C#N)CC2)nc(-c2ccc(Cl)cc2Cl)n1-c1ccc(C#CCCO[N+](=O)[O-])s1. The predicted octanol–water partition coefficient (Wildman–Crippen LogP) is 4.95. The summed E-state index contributed by atoms with van der Waals surface area (Å²) >= 11 is 13.9. The monoisotopic (exact) mass is 529 g/mol. The normalized spacial score (nSPS) is 13.3. The Bertz CT molecular complexity index is 1430. The van der Waals surface area contributed by atoms with Crippen LogP contribution in [0.3, 0.4) is 0 Å². The van der Waals surface area contributed by atoms with Gasteiger partial charge in [0.25, 0.3) is 11.0 Å². The van der Waals surface area contributed by atoms with E-state index >= 15 is 0 Å². The zero-order valence-corrected chi connectivity index (χ0v) is 20.6. The smallest absolute Gasteiger partial charge is 0.294 e. The average Bonchev–Trinajstić information content (AvgIpc) is 3.27. The zero-order valence-electron chi connectivity index (χ0n) is 18.3. The molecule has 2 aromatic heterocycles. The first-order valence-electron chi connectivity index (χ1n) is 10.4. The summed E-state index contributed by atoms with van der Waals surface area (Å²) in [6, 6.07) is 10.8. The van der Waals surface area contributed by atoms with Gasteiger partial charge in [0, 0.05) is 17.0 Å². The Morgan fingerprint density at radius 2 is 2.14 bits per heavy atom. The Morgan fingerprint density at radius 3 is 2.80 bits per heavy atom. The summed E-state index contributed by atoms with van der Waals surface area (Å²) in [6.07, 6.45) is 1.41. The number of nitriles is 1. The third-order valence-corrected chi connectivity index (χ3v) is 6.79. The van der Waals surface area contributed by atoms with Gasteiger partial charge in [-0.3, -0.25) is 9.36 Å². The number of nitrogens with one attached hydrogen (secondary N) is 1. The van der Waals surface area contributed by atoms with E-state index in [4.69, 9.17) is 23.2 Å². The predicted molar refractivity (Wildman–Crippen MR) is 131 cm³/mol. The molecule has 0 saturated heterocycles. The number of thiophene rings is 1. The molecule has 9 nitrogen and oxygen atoms in total. The standard InChI is InChI=1S/C23H17Cl2N5O4S/c1-14-20(22(31)28-23(13-26)9-10-23)27-21(17-7-5-15(24)12-18(17)25)29(14)19-8-6-16(35-19)4-2-3-11-34-30(32)33/h5-8,12H,3,9-11H2,1H3,(H,28,31). The molecule has 1 aliphatic carbocycles. The number of nitrogens with zero attached hydrogens (tertiary/aromatic N) is 4. The summed E-state index contributed by atoms with van der Waals surface area (Å²) in [5, 5.41) is 23.1. The van der Waals surface area contributed by atoms with Crippen LogP contribution in [0.5, 0.6) is 0 Å². The maximum atomic E-state index is 13.0. The highest BCUT2D eigenvalue weighted by atomic mass is 35.5. The summed E-state index contributed by atoms with van der Waals surface area (Å²) in [4.78, 5) is 32.8. The van der Waals surface area contributed by atoms with Crippen molar-refractivity contribution in [3.63, 3.8) is 0 Å². The third kappa shape index (κ3) is 5.41. The lowest BCUT2D eigenvalue weighted by molar-refractivity contribution is -0.757. The van der Waals surface area contributed by atoms with Crippen LogP contribution in [-0.2, 0) is 4.84 Å². The molecule has 0 bridgehead atoms. The molecule has 2 heterocycles. The molecule has 12 heteroatoms. The molecule has 35 heavy (non-hydrogen) atoms. The maximum Gasteiger partial charge on any atom is 0.294 e. The summed E-state index contributed by atoms with van der Waals surface area (Å²) in [7, 11) is 0. The molecular weight excluding hydrogens is 513 g/mol. The number of benzene rings is 1. The van der Waals surface area contributed by atoms with E-state index < -0.39 is 16.5 Å². The molecule has 4 rings (SSSR count). The molecular formula is C23H17Cl2N5O4S. The molecule has 178 valence electrons. The van der Waals surface area contributed by atoms with Crippen molar-refractivity contribution < 1.29 is 14.7 Å². The van der Waals surface area contributed by atoms with Crippen LogP contribution in [0.1, 0.15) is 40.3 Å². The average molecular weight is 530 g/mol. The van der Waals surface area contributed by atoms with Crippen LogP contribution in [0.15, 0.2) is 30.3 Å². The quantitative estimate of drug-likeness (QED) is 0.200. The van der Waals surface area contributed by atoms with Crippen molar-refractivity contribution in [3.8, 4) is 34.3 Å². The third-order valence-electron chi connectivity index (χ3n) is 5.26. The minimum Gasteiger partial charge on any atom is -0.332 e. The number of amides is 1. The Kier molecular flexibility index (Phi) is 6.99. The number of hydrogen-bond donors (Lipinski definition) is 1. The van der Waals surface area contributed by atoms with E-state index in [2.05, 4.69) is 33.0 Å². The van der Waals surface area contributed by atoms with E-state index in [9.17, 15) is 20.2 Å². The summed E-state index contributed by atoms with van der Waals surface area (Å²) in [6.45, 7) is 1.65. The van der Waals surface area contributed by atoms with Crippen LogP contribution >= 0.6 is 34.5 Å². The molecule has 1 fully saturated rings. The zero-order chi connectivity index (χ0) is 25.2. The van der Waals surface area contributed by atoms with Crippen LogP contribution < -0.4 is 5.32 Å². The molecule has 0 unspecified atom stereocenters. The van der Waals surface area contributed by atoms with Gasteiger partial charge in [-0.1, -0.05) is 35.0 Å². The van der Waals surface area contributed by atoms with Gasteiger partial charge >= 0.3 is 0 Å². The van der Waals surface area contributed by atoms with E-state index in [-0.39, 0.29) is 18.7 Å². The maximum absolute atomic E-state index is 13.0. The van der Waals surface area contributed by atoms with Crippen molar-refractivity contribution in [1.29, 1.82) is 5.26 Å². The van der Waals surface area contributed by atoms with Gasteiger partial charge in [0.15, 0.2) is 0 Å². The van der Waals surface area contributed by atoms with E-state index in [0.29, 0.717) is 40.0 Å². The molecule has 0 aliphatic heterocycles. The fourth-order valence-electron chi connectivity index (χ4n) is 3.34. The molecule has 1 N–H and O–H groups in total. The fourth-order valence-corrected chi connectivity index (χ4v) is 4.77. The van der Waals surface area contributed by atoms with Crippen LogP contribution in [0.2, 0.25) is 10.0 Å². The van der Waals surface area contributed by atoms with Gasteiger partial charge in [0.05, 0.1) is 21.7 Å². The largest absolute Gasteiger partial charge is 0.332 e. The molecule has 3 aromatic rings. The van der Waals surface area contributed by atoms with E-state index in [1.54, 1.807) is 25.1 Å². The van der Waals surface area contributed by atoms with Crippen molar-refractivity contribution in [3.05, 3.63) is 66.8 Å². The number of carbonyl (C=O) groups excluding carboxylic acids is 1. The Labute approximate surface area is 214 Å². The first-order chi connectivity index (χ1) is 16.7. The van der Waals surface area contributed by atoms with Gasteiger partial charge in [0.1, 0.15) is 28.7 Å². The van der Waals surface area contributed by atoms with Crippen LogP contribution in [0, 0.1) is 40.2 Å². The van der Waals surface area contributed by atoms with E-state index in [1.807, 2.05) is 16.7 Å². The molecule has 1 saturated carbocycles. The highest BCUT2D eigenvalue weighted by Crippen LogP contribution is 2.37. The van der Waals surface area contributed by atoms with E-state index in [1.165, 1.54) is 11.3 Å². The van der Waals surface area contributed by atoms with Gasteiger partial charge in [-0.05, 0) is 50.1 Å². The molecule has 1 aromatic carbocycles.